The highest BCUT2D eigenvalue weighted by Gasteiger charge is 2.17. The molecule has 17 heavy (non-hydrogen) atoms. The molecule has 0 bridgehead atoms. The largest absolute Gasteiger partial charge is 0.340 e. The van der Waals surface area contributed by atoms with Gasteiger partial charge in [0.05, 0.1) is 0 Å². The van der Waals surface area contributed by atoms with E-state index in [1.165, 1.54) is 0 Å². The fourth-order valence-corrected chi connectivity index (χ4v) is 2.21. The van der Waals surface area contributed by atoms with E-state index < -0.39 is 0 Å². The van der Waals surface area contributed by atoms with E-state index in [-0.39, 0.29) is 0 Å². The summed E-state index contributed by atoms with van der Waals surface area (Å²) in [7, 11) is 0. The van der Waals surface area contributed by atoms with E-state index in [0.29, 0.717) is 24.3 Å². The van der Waals surface area contributed by atoms with Crippen molar-refractivity contribution in [3.8, 4) is 0 Å². The Morgan fingerprint density at radius 1 is 1.18 bits per heavy atom. The van der Waals surface area contributed by atoms with Crippen molar-refractivity contribution in [2.45, 2.75) is 65.8 Å². The van der Waals surface area contributed by atoms with Crippen LogP contribution < -0.4 is 5.73 Å². The van der Waals surface area contributed by atoms with Crippen LogP contribution in [0.4, 0.5) is 0 Å². The second-order valence-electron chi connectivity index (χ2n) is 4.83. The quantitative estimate of drug-likeness (QED) is 0.676. The van der Waals surface area contributed by atoms with E-state index >= 15 is 0 Å². The van der Waals surface area contributed by atoms with Crippen LogP contribution in [0.1, 0.15) is 59.8 Å². The Hall–Kier alpha value is -0.570. The Labute approximate surface area is 107 Å². The van der Waals surface area contributed by atoms with Crippen LogP contribution in [-0.4, -0.2) is 29.9 Å². The molecule has 0 saturated carbocycles. The zero-order chi connectivity index (χ0) is 13.3. The van der Waals surface area contributed by atoms with E-state index in [9.17, 15) is 4.79 Å². The summed E-state index contributed by atoms with van der Waals surface area (Å²) in [5, 5.41) is 0. The number of amides is 1. The van der Waals surface area contributed by atoms with E-state index in [0.717, 1.165) is 38.8 Å². The van der Waals surface area contributed by atoms with Gasteiger partial charge in [-0.15, -0.1) is 0 Å². The molecule has 0 spiro atoms. The van der Waals surface area contributed by atoms with E-state index in [2.05, 4.69) is 27.7 Å². The van der Waals surface area contributed by atoms with Crippen LogP contribution in [0.15, 0.2) is 0 Å². The number of nitrogens with zero attached hydrogens (tertiary/aromatic N) is 1. The molecular formula is C14H30N2O. The third-order valence-corrected chi connectivity index (χ3v) is 3.70. The zero-order valence-corrected chi connectivity index (χ0v) is 12.0. The highest BCUT2D eigenvalue weighted by molar-refractivity contribution is 5.76. The number of rotatable bonds is 9. The van der Waals surface area contributed by atoms with Gasteiger partial charge in [0.15, 0.2) is 0 Å². The normalized spacial score (nSPS) is 14.4. The second-order valence-corrected chi connectivity index (χ2v) is 4.83. The molecule has 102 valence electrons. The summed E-state index contributed by atoms with van der Waals surface area (Å²) in [6.07, 6.45) is 4.86. The molecule has 0 rings (SSSR count). The predicted molar refractivity (Wildman–Crippen MR) is 73.8 cm³/mol. The van der Waals surface area contributed by atoms with Gasteiger partial charge in [0.2, 0.25) is 5.91 Å². The summed E-state index contributed by atoms with van der Waals surface area (Å²) in [5.41, 5.74) is 5.57. The molecule has 0 aliphatic carbocycles. The molecule has 3 heteroatoms. The van der Waals surface area contributed by atoms with Crippen molar-refractivity contribution in [1.82, 2.24) is 4.90 Å². The maximum absolute atomic E-state index is 12.1. The lowest BCUT2D eigenvalue weighted by molar-refractivity contribution is -0.133. The molecule has 0 heterocycles. The molecule has 2 atom stereocenters. The predicted octanol–water partition coefficient (Wildman–Crippen LogP) is 2.79. The van der Waals surface area contributed by atoms with Gasteiger partial charge in [-0.05, 0) is 45.6 Å². The van der Waals surface area contributed by atoms with Crippen LogP contribution in [0.3, 0.4) is 0 Å². The molecule has 0 aliphatic heterocycles. The van der Waals surface area contributed by atoms with Gasteiger partial charge >= 0.3 is 0 Å². The van der Waals surface area contributed by atoms with Crippen molar-refractivity contribution in [3.63, 3.8) is 0 Å². The summed E-state index contributed by atoms with van der Waals surface area (Å²) >= 11 is 0. The molecule has 0 saturated heterocycles. The molecule has 2 unspecified atom stereocenters. The Morgan fingerprint density at radius 2 is 1.82 bits per heavy atom. The van der Waals surface area contributed by atoms with E-state index in [4.69, 9.17) is 5.73 Å². The summed E-state index contributed by atoms with van der Waals surface area (Å²) in [6, 6.07) is 0.363. The van der Waals surface area contributed by atoms with E-state index in [1.54, 1.807) is 0 Å². The molecule has 3 nitrogen and oxygen atoms in total. The first-order valence-corrected chi connectivity index (χ1v) is 7.10. The van der Waals surface area contributed by atoms with Crippen LogP contribution in [0.25, 0.3) is 0 Å². The lowest BCUT2D eigenvalue weighted by Gasteiger charge is -2.28. The third-order valence-electron chi connectivity index (χ3n) is 3.70. The summed E-state index contributed by atoms with van der Waals surface area (Å²) in [5.74, 6) is 0.914. The molecule has 0 aliphatic rings. The zero-order valence-electron chi connectivity index (χ0n) is 12.0. The first kappa shape index (κ1) is 16.4. The first-order chi connectivity index (χ1) is 8.10. The summed E-state index contributed by atoms with van der Waals surface area (Å²) in [4.78, 5) is 14.1. The molecule has 2 N–H and O–H groups in total. The minimum Gasteiger partial charge on any atom is -0.340 e. The molecule has 0 aromatic carbocycles. The van der Waals surface area contributed by atoms with Gasteiger partial charge in [-0.1, -0.05) is 20.3 Å². The number of carbonyl (C=O) groups excluding carboxylic acids is 1. The monoisotopic (exact) mass is 242 g/mol. The fraction of sp³-hybridized carbons (Fsp3) is 0.929. The highest BCUT2D eigenvalue weighted by atomic mass is 16.2. The maximum atomic E-state index is 12.1. The first-order valence-electron chi connectivity index (χ1n) is 7.10. The Bertz CT molecular complexity index is 206. The van der Waals surface area contributed by atoms with Crippen molar-refractivity contribution < 1.29 is 4.79 Å². The van der Waals surface area contributed by atoms with Crippen molar-refractivity contribution >= 4 is 5.91 Å². The number of carbonyl (C=O) groups is 1. The molecule has 0 radical (unpaired) electrons. The van der Waals surface area contributed by atoms with Gasteiger partial charge in [0.25, 0.3) is 0 Å². The average Bonchev–Trinajstić information content (AvgIpc) is 2.34. The Kier molecular flexibility index (Phi) is 9.14. The Balaban J connectivity index is 4.13. The molecule has 0 aromatic rings. The smallest absolute Gasteiger partial charge is 0.222 e. The van der Waals surface area contributed by atoms with Gasteiger partial charge < -0.3 is 10.6 Å². The maximum Gasteiger partial charge on any atom is 0.222 e. The average molecular weight is 242 g/mol. The van der Waals surface area contributed by atoms with Gasteiger partial charge in [-0.25, -0.2) is 0 Å². The summed E-state index contributed by atoms with van der Waals surface area (Å²) < 4.78 is 0. The highest BCUT2D eigenvalue weighted by Crippen LogP contribution is 2.16. The SMILES string of the molecule is CCC(CCN)CCC(=O)N(CC)C(C)CC. The minimum absolute atomic E-state index is 0.303. The van der Waals surface area contributed by atoms with Crippen LogP contribution in [0, 0.1) is 5.92 Å². The molecule has 1 amide bonds. The van der Waals surface area contributed by atoms with Crippen LogP contribution in [-0.2, 0) is 4.79 Å². The lowest BCUT2D eigenvalue weighted by Crippen LogP contribution is -2.38. The molecule has 0 aromatic heterocycles. The Morgan fingerprint density at radius 3 is 2.24 bits per heavy atom. The number of nitrogens with two attached hydrogens (primary N) is 1. The number of hydrogen-bond acceptors (Lipinski definition) is 2. The van der Waals surface area contributed by atoms with Gasteiger partial charge in [-0.3, -0.25) is 4.79 Å². The van der Waals surface area contributed by atoms with Gasteiger partial charge in [-0.2, -0.15) is 0 Å². The van der Waals surface area contributed by atoms with Crippen molar-refractivity contribution in [2.75, 3.05) is 13.1 Å². The standard InChI is InChI=1S/C14H30N2O/c1-5-12(4)16(7-3)14(17)9-8-13(6-2)10-11-15/h12-13H,5-11,15H2,1-4H3. The van der Waals surface area contributed by atoms with Gasteiger partial charge in [0.1, 0.15) is 0 Å². The summed E-state index contributed by atoms with van der Waals surface area (Å²) in [6.45, 7) is 10.0. The minimum atomic E-state index is 0.303. The van der Waals surface area contributed by atoms with E-state index in [1.807, 2.05) is 4.90 Å². The third kappa shape index (κ3) is 6.06. The van der Waals surface area contributed by atoms with Crippen molar-refractivity contribution in [3.05, 3.63) is 0 Å². The van der Waals surface area contributed by atoms with Crippen LogP contribution >= 0.6 is 0 Å². The topological polar surface area (TPSA) is 46.3 Å². The lowest BCUT2D eigenvalue weighted by atomic mass is 9.96. The van der Waals surface area contributed by atoms with Crippen molar-refractivity contribution in [1.29, 1.82) is 0 Å². The van der Waals surface area contributed by atoms with Gasteiger partial charge in [0, 0.05) is 19.0 Å². The van der Waals surface area contributed by atoms with Crippen LogP contribution in [0.5, 0.6) is 0 Å². The van der Waals surface area contributed by atoms with Crippen molar-refractivity contribution in [2.24, 2.45) is 11.7 Å². The molecular weight excluding hydrogens is 212 g/mol. The fourth-order valence-electron chi connectivity index (χ4n) is 2.21. The second kappa shape index (κ2) is 9.46. The van der Waals surface area contributed by atoms with Crippen LogP contribution in [0.2, 0.25) is 0 Å². The molecule has 0 fully saturated rings. The number of hydrogen-bond donors (Lipinski definition) is 1.